The van der Waals surface area contributed by atoms with Crippen molar-refractivity contribution in [1.29, 1.82) is 0 Å². The fraction of sp³-hybridized carbons (Fsp3) is 0.667. The molecular weight excluding hydrogens is 368 g/mol. The van der Waals surface area contributed by atoms with Crippen LogP contribution in [0.25, 0.3) is 0 Å². The number of carbonyl (C=O) groups excluding carboxylic acids is 4. The van der Waals surface area contributed by atoms with Crippen LogP contribution in [0.2, 0.25) is 0 Å². The minimum atomic E-state index is -1.12. The van der Waals surface area contributed by atoms with E-state index in [1.807, 2.05) is 0 Å². The van der Waals surface area contributed by atoms with E-state index in [1.165, 1.54) is 33.2 Å². The molecule has 26 heavy (non-hydrogen) atoms. The third-order valence-corrected chi connectivity index (χ3v) is 3.49. The van der Waals surface area contributed by atoms with Crippen molar-refractivity contribution in [2.75, 3.05) is 6.61 Å². The standard InChI is InChI=1S/C15H22N2O8S/c1-7(18)17-12-14(24-10(4)21)13(23-9(3)20)11(5-22-8(2)19)25-15(12)16-6-26/h6,11-15H,5H2,1-4H3,(H,16,26)(H,17,18)/t11-,12-,13-,14-,15+/m1/s1. The van der Waals surface area contributed by atoms with Gasteiger partial charge >= 0.3 is 17.9 Å². The number of hydrogen-bond donors (Lipinski definition) is 2. The van der Waals surface area contributed by atoms with Crippen molar-refractivity contribution in [1.82, 2.24) is 10.6 Å². The van der Waals surface area contributed by atoms with Gasteiger partial charge in [-0.25, -0.2) is 0 Å². The summed E-state index contributed by atoms with van der Waals surface area (Å²) >= 11 is 4.76. The van der Waals surface area contributed by atoms with Crippen LogP contribution in [0.1, 0.15) is 27.7 Å². The summed E-state index contributed by atoms with van der Waals surface area (Å²) in [5.74, 6) is -2.31. The predicted molar refractivity (Wildman–Crippen MR) is 90.8 cm³/mol. The van der Waals surface area contributed by atoms with Crippen molar-refractivity contribution in [2.24, 2.45) is 0 Å². The Morgan fingerprint density at radius 1 is 1.00 bits per heavy atom. The maximum Gasteiger partial charge on any atom is 0.303 e. The minimum Gasteiger partial charge on any atom is -0.463 e. The Balaban J connectivity index is 3.24. The Morgan fingerprint density at radius 3 is 2.04 bits per heavy atom. The Hall–Kier alpha value is -2.27. The second-order valence-corrected chi connectivity index (χ2v) is 5.79. The van der Waals surface area contributed by atoms with Crippen molar-refractivity contribution in [3.63, 3.8) is 0 Å². The lowest BCUT2D eigenvalue weighted by Gasteiger charge is -2.45. The molecule has 1 aliphatic rings. The molecule has 146 valence electrons. The summed E-state index contributed by atoms with van der Waals surface area (Å²) < 4.78 is 21.2. The van der Waals surface area contributed by atoms with E-state index < -0.39 is 54.4 Å². The molecule has 0 bridgehead atoms. The van der Waals surface area contributed by atoms with Crippen LogP contribution in [0.3, 0.4) is 0 Å². The predicted octanol–water partition coefficient (Wildman–Crippen LogP) is -0.811. The normalized spacial score (nSPS) is 27.6. The largest absolute Gasteiger partial charge is 0.463 e. The number of ether oxygens (including phenoxy) is 4. The number of rotatable bonds is 7. The number of nitrogens with one attached hydrogen (secondary N) is 2. The zero-order valence-electron chi connectivity index (χ0n) is 14.8. The molecule has 0 aliphatic carbocycles. The molecule has 10 nitrogen and oxygen atoms in total. The van der Waals surface area contributed by atoms with Gasteiger partial charge in [-0.2, -0.15) is 0 Å². The van der Waals surface area contributed by atoms with Gasteiger partial charge in [-0.3, -0.25) is 19.2 Å². The number of thiocarbonyl (C=S) groups is 1. The van der Waals surface area contributed by atoms with E-state index in [2.05, 4.69) is 10.6 Å². The quantitative estimate of drug-likeness (QED) is 0.323. The van der Waals surface area contributed by atoms with Gasteiger partial charge in [-0.05, 0) is 0 Å². The topological polar surface area (TPSA) is 129 Å². The molecule has 1 aliphatic heterocycles. The van der Waals surface area contributed by atoms with Gasteiger partial charge in [-0.1, -0.05) is 12.2 Å². The third kappa shape index (κ3) is 6.56. The Morgan fingerprint density at radius 2 is 1.58 bits per heavy atom. The lowest BCUT2D eigenvalue weighted by atomic mass is 9.95. The summed E-state index contributed by atoms with van der Waals surface area (Å²) in [7, 11) is 0. The van der Waals surface area contributed by atoms with Gasteiger partial charge in [-0.15, -0.1) is 0 Å². The van der Waals surface area contributed by atoms with E-state index >= 15 is 0 Å². The molecule has 11 heteroatoms. The van der Waals surface area contributed by atoms with Crippen LogP contribution < -0.4 is 10.6 Å². The number of esters is 3. The molecule has 0 spiro atoms. The lowest BCUT2D eigenvalue weighted by Crippen LogP contribution is -2.68. The van der Waals surface area contributed by atoms with E-state index in [0.717, 1.165) is 0 Å². The van der Waals surface area contributed by atoms with Crippen molar-refractivity contribution in [3.05, 3.63) is 0 Å². The molecule has 0 radical (unpaired) electrons. The maximum atomic E-state index is 11.6. The molecule has 0 aromatic rings. The maximum absolute atomic E-state index is 11.6. The molecule has 1 saturated heterocycles. The van der Waals surface area contributed by atoms with E-state index in [-0.39, 0.29) is 6.61 Å². The van der Waals surface area contributed by atoms with Crippen molar-refractivity contribution >= 4 is 41.5 Å². The number of hydrogen-bond acceptors (Lipinski definition) is 9. The van der Waals surface area contributed by atoms with Crippen LogP contribution in [-0.2, 0) is 38.1 Å². The summed E-state index contributed by atoms with van der Waals surface area (Å²) in [6.45, 7) is 4.56. The number of carbonyl (C=O) groups is 4. The summed E-state index contributed by atoms with van der Waals surface area (Å²) in [5.41, 5.74) is 1.17. The van der Waals surface area contributed by atoms with E-state index in [1.54, 1.807) is 0 Å². The lowest BCUT2D eigenvalue weighted by molar-refractivity contribution is -0.225. The van der Waals surface area contributed by atoms with Crippen molar-refractivity contribution < 1.29 is 38.1 Å². The van der Waals surface area contributed by atoms with Crippen LogP contribution in [0.4, 0.5) is 0 Å². The molecular formula is C15H22N2O8S. The van der Waals surface area contributed by atoms with Gasteiger partial charge < -0.3 is 29.6 Å². The zero-order chi connectivity index (χ0) is 19.9. The van der Waals surface area contributed by atoms with E-state index in [0.29, 0.717) is 0 Å². The zero-order valence-corrected chi connectivity index (χ0v) is 15.7. The Labute approximate surface area is 155 Å². The van der Waals surface area contributed by atoms with Crippen LogP contribution in [0.15, 0.2) is 0 Å². The molecule has 0 saturated carbocycles. The minimum absolute atomic E-state index is 0.257. The van der Waals surface area contributed by atoms with E-state index in [9.17, 15) is 19.2 Å². The third-order valence-electron chi connectivity index (χ3n) is 3.35. The average molecular weight is 390 g/mol. The average Bonchev–Trinajstić information content (AvgIpc) is 2.50. The molecule has 1 fully saturated rings. The van der Waals surface area contributed by atoms with Gasteiger partial charge in [0.15, 0.2) is 18.4 Å². The highest BCUT2D eigenvalue weighted by molar-refractivity contribution is 7.78. The summed E-state index contributed by atoms with van der Waals surface area (Å²) in [4.78, 5) is 45.8. The monoisotopic (exact) mass is 390 g/mol. The molecule has 5 atom stereocenters. The van der Waals surface area contributed by atoms with Crippen molar-refractivity contribution in [3.8, 4) is 0 Å². The fourth-order valence-corrected chi connectivity index (χ4v) is 2.68. The van der Waals surface area contributed by atoms with Crippen LogP contribution in [0, 0.1) is 0 Å². The highest BCUT2D eigenvalue weighted by Gasteiger charge is 2.50. The van der Waals surface area contributed by atoms with Crippen molar-refractivity contribution in [2.45, 2.75) is 58.3 Å². The second kappa shape index (κ2) is 10.0. The molecule has 1 heterocycles. The molecule has 2 N–H and O–H groups in total. The second-order valence-electron chi connectivity index (χ2n) is 5.56. The van der Waals surface area contributed by atoms with Gasteiger partial charge in [0.25, 0.3) is 0 Å². The Kier molecular flexibility index (Phi) is 8.39. The summed E-state index contributed by atoms with van der Waals surface area (Å²) in [6.07, 6.45) is -4.07. The highest BCUT2D eigenvalue weighted by atomic mass is 32.1. The first-order valence-electron chi connectivity index (χ1n) is 7.75. The van der Waals surface area contributed by atoms with E-state index in [4.69, 9.17) is 31.2 Å². The first-order chi connectivity index (χ1) is 12.1. The van der Waals surface area contributed by atoms with Gasteiger partial charge in [0.2, 0.25) is 5.91 Å². The summed E-state index contributed by atoms with van der Waals surface area (Å²) in [6, 6.07) is -0.909. The van der Waals surface area contributed by atoms with Crippen LogP contribution >= 0.6 is 12.2 Å². The smallest absolute Gasteiger partial charge is 0.303 e. The molecule has 1 rings (SSSR count). The SMILES string of the molecule is CC(=O)N[C@@H]1[C@@H](OC(C)=O)[C@H](OC(C)=O)[C@@H](COC(C)=O)O[C@@H]1NC=S. The van der Waals surface area contributed by atoms with Crippen LogP contribution in [0.5, 0.6) is 0 Å². The summed E-state index contributed by atoms with van der Waals surface area (Å²) in [5, 5.41) is 5.31. The van der Waals surface area contributed by atoms with Gasteiger partial charge in [0.05, 0.1) is 5.49 Å². The first kappa shape index (κ1) is 21.8. The van der Waals surface area contributed by atoms with Crippen LogP contribution in [-0.4, -0.2) is 66.5 Å². The molecule has 0 unspecified atom stereocenters. The van der Waals surface area contributed by atoms with Gasteiger partial charge in [0.1, 0.15) is 18.8 Å². The molecule has 1 amide bonds. The number of amides is 1. The fourth-order valence-electron chi connectivity index (χ4n) is 2.54. The highest BCUT2D eigenvalue weighted by Crippen LogP contribution is 2.26. The molecule has 0 aromatic carbocycles. The Bertz CT molecular complexity index is 570. The molecule has 0 aromatic heterocycles. The van der Waals surface area contributed by atoms with Gasteiger partial charge in [0, 0.05) is 27.7 Å². The first-order valence-corrected chi connectivity index (χ1v) is 8.23.